The quantitative estimate of drug-likeness (QED) is 0.715. The molecule has 21 heavy (non-hydrogen) atoms. The summed E-state index contributed by atoms with van der Waals surface area (Å²) >= 11 is 0. The van der Waals surface area contributed by atoms with Crippen LogP contribution in [0.1, 0.15) is 51.7 Å². The fraction of sp³-hybridized carbons (Fsp3) is 0.786. The van der Waals surface area contributed by atoms with Crippen LogP contribution >= 0.6 is 12.4 Å². The van der Waals surface area contributed by atoms with E-state index in [0.717, 1.165) is 19.4 Å². The molecular weight excluding hydrogens is 292 g/mol. The SMILES string of the molecule is CNCCCNC(=O)CCCc1nc(C(C)(C)C)no1.Cl. The zero-order chi connectivity index (χ0) is 15.0. The average molecular weight is 319 g/mol. The Kier molecular flexibility index (Phi) is 9.21. The van der Waals surface area contributed by atoms with Crippen molar-refractivity contribution < 1.29 is 9.32 Å². The number of amides is 1. The molecule has 0 saturated heterocycles. The minimum Gasteiger partial charge on any atom is -0.356 e. The molecule has 1 amide bonds. The van der Waals surface area contributed by atoms with Gasteiger partial charge in [-0.25, -0.2) is 0 Å². The third-order valence-corrected chi connectivity index (χ3v) is 2.86. The minimum atomic E-state index is -0.105. The first-order valence-electron chi connectivity index (χ1n) is 7.18. The van der Waals surface area contributed by atoms with E-state index in [4.69, 9.17) is 4.52 Å². The van der Waals surface area contributed by atoms with E-state index < -0.39 is 0 Å². The van der Waals surface area contributed by atoms with Gasteiger partial charge in [0.2, 0.25) is 11.8 Å². The monoisotopic (exact) mass is 318 g/mol. The van der Waals surface area contributed by atoms with E-state index in [9.17, 15) is 4.79 Å². The van der Waals surface area contributed by atoms with Gasteiger partial charge in [-0.05, 0) is 26.4 Å². The zero-order valence-electron chi connectivity index (χ0n) is 13.4. The summed E-state index contributed by atoms with van der Waals surface area (Å²) in [5.41, 5.74) is -0.105. The largest absolute Gasteiger partial charge is 0.356 e. The van der Waals surface area contributed by atoms with Gasteiger partial charge in [-0.1, -0.05) is 25.9 Å². The number of hydrogen-bond acceptors (Lipinski definition) is 5. The van der Waals surface area contributed by atoms with E-state index in [1.165, 1.54) is 0 Å². The van der Waals surface area contributed by atoms with Crippen LogP contribution in [0.5, 0.6) is 0 Å². The summed E-state index contributed by atoms with van der Waals surface area (Å²) < 4.78 is 5.18. The van der Waals surface area contributed by atoms with Gasteiger partial charge in [0.1, 0.15) is 0 Å². The molecule has 0 spiro atoms. The van der Waals surface area contributed by atoms with Gasteiger partial charge in [-0.15, -0.1) is 12.4 Å². The Hall–Kier alpha value is -1.14. The van der Waals surface area contributed by atoms with E-state index in [2.05, 4.69) is 20.8 Å². The number of hydrogen-bond donors (Lipinski definition) is 2. The molecule has 0 fully saturated rings. The molecule has 1 aromatic heterocycles. The van der Waals surface area contributed by atoms with Crippen molar-refractivity contribution >= 4 is 18.3 Å². The second-order valence-electron chi connectivity index (χ2n) is 5.92. The van der Waals surface area contributed by atoms with Crippen LogP contribution in [0.15, 0.2) is 4.52 Å². The first kappa shape index (κ1) is 19.9. The number of aromatic nitrogens is 2. The fourth-order valence-corrected chi connectivity index (χ4v) is 1.64. The van der Waals surface area contributed by atoms with E-state index in [0.29, 0.717) is 31.1 Å². The maximum Gasteiger partial charge on any atom is 0.226 e. The molecule has 0 aromatic carbocycles. The molecule has 0 unspecified atom stereocenters. The van der Waals surface area contributed by atoms with Crippen molar-refractivity contribution in [3.63, 3.8) is 0 Å². The Labute approximate surface area is 132 Å². The number of carbonyl (C=O) groups excluding carboxylic acids is 1. The predicted octanol–water partition coefficient (Wildman–Crippen LogP) is 1.84. The fourth-order valence-electron chi connectivity index (χ4n) is 1.64. The first-order chi connectivity index (χ1) is 9.43. The van der Waals surface area contributed by atoms with Crippen LogP contribution in [0.2, 0.25) is 0 Å². The molecular formula is C14H27ClN4O2. The van der Waals surface area contributed by atoms with Crippen molar-refractivity contribution in [1.82, 2.24) is 20.8 Å². The van der Waals surface area contributed by atoms with Crippen molar-refractivity contribution in [3.8, 4) is 0 Å². The van der Waals surface area contributed by atoms with Gasteiger partial charge in [-0.2, -0.15) is 4.98 Å². The molecule has 6 nitrogen and oxygen atoms in total. The summed E-state index contributed by atoms with van der Waals surface area (Å²) in [5.74, 6) is 1.40. The van der Waals surface area contributed by atoms with E-state index >= 15 is 0 Å². The zero-order valence-corrected chi connectivity index (χ0v) is 14.2. The molecule has 2 N–H and O–H groups in total. The van der Waals surface area contributed by atoms with Gasteiger partial charge >= 0.3 is 0 Å². The molecule has 7 heteroatoms. The van der Waals surface area contributed by atoms with Gasteiger partial charge in [0.05, 0.1) is 0 Å². The Morgan fingerprint density at radius 1 is 1.24 bits per heavy atom. The van der Waals surface area contributed by atoms with Crippen LogP contribution in [0.3, 0.4) is 0 Å². The lowest BCUT2D eigenvalue weighted by Gasteiger charge is -2.10. The molecule has 0 saturated carbocycles. The van der Waals surface area contributed by atoms with Crippen molar-refractivity contribution in [2.75, 3.05) is 20.1 Å². The van der Waals surface area contributed by atoms with Gasteiger partial charge in [-0.3, -0.25) is 4.79 Å². The molecule has 0 aliphatic carbocycles. The van der Waals surface area contributed by atoms with Gasteiger partial charge in [0.15, 0.2) is 5.82 Å². The molecule has 1 heterocycles. The number of nitrogens with zero attached hydrogens (tertiary/aromatic N) is 2. The molecule has 1 rings (SSSR count). The van der Waals surface area contributed by atoms with E-state index in [-0.39, 0.29) is 23.7 Å². The van der Waals surface area contributed by atoms with Crippen LogP contribution in [0, 0.1) is 0 Å². The van der Waals surface area contributed by atoms with E-state index in [1.807, 2.05) is 27.8 Å². The molecule has 0 radical (unpaired) electrons. The highest BCUT2D eigenvalue weighted by Gasteiger charge is 2.20. The lowest BCUT2D eigenvalue weighted by Crippen LogP contribution is -2.26. The molecule has 0 atom stereocenters. The number of halogens is 1. The lowest BCUT2D eigenvalue weighted by molar-refractivity contribution is -0.121. The summed E-state index contributed by atoms with van der Waals surface area (Å²) in [4.78, 5) is 15.9. The minimum absolute atomic E-state index is 0. The van der Waals surface area contributed by atoms with Gasteiger partial charge < -0.3 is 15.2 Å². The number of nitrogens with one attached hydrogen (secondary N) is 2. The van der Waals surface area contributed by atoms with Crippen LogP contribution in [-0.2, 0) is 16.6 Å². The number of rotatable bonds is 8. The van der Waals surface area contributed by atoms with Crippen molar-refractivity contribution in [1.29, 1.82) is 0 Å². The Morgan fingerprint density at radius 2 is 1.95 bits per heavy atom. The number of carbonyl (C=O) groups is 1. The van der Waals surface area contributed by atoms with Gasteiger partial charge in [0.25, 0.3) is 0 Å². The lowest BCUT2D eigenvalue weighted by atomic mass is 9.96. The second-order valence-corrected chi connectivity index (χ2v) is 5.92. The molecule has 122 valence electrons. The summed E-state index contributed by atoms with van der Waals surface area (Å²) in [5, 5.41) is 9.89. The third kappa shape index (κ3) is 8.02. The summed E-state index contributed by atoms with van der Waals surface area (Å²) in [6.45, 7) is 7.76. The van der Waals surface area contributed by atoms with Crippen molar-refractivity contribution in [2.24, 2.45) is 0 Å². The van der Waals surface area contributed by atoms with Crippen LogP contribution < -0.4 is 10.6 Å². The maximum absolute atomic E-state index is 11.6. The summed E-state index contributed by atoms with van der Waals surface area (Å²) in [6, 6.07) is 0. The maximum atomic E-state index is 11.6. The molecule has 0 aliphatic heterocycles. The predicted molar refractivity (Wildman–Crippen MR) is 84.7 cm³/mol. The summed E-state index contributed by atoms with van der Waals surface area (Å²) in [7, 11) is 1.90. The highest BCUT2D eigenvalue weighted by molar-refractivity contribution is 5.85. The Balaban J connectivity index is 0.00000400. The average Bonchev–Trinajstić information content (AvgIpc) is 2.83. The first-order valence-corrected chi connectivity index (χ1v) is 7.18. The van der Waals surface area contributed by atoms with Gasteiger partial charge in [0, 0.05) is 24.8 Å². The van der Waals surface area contributed by atoms with Crippen LogP contribution in [-0.4, -0.2) is 36.2 Å². The van der Waals surface area contributed by atoms with Crippen LogP contribution in [0.25, 0.3) is 0 Å². The van der Waals surface area contributed by atoms with E-state index in [1.54, 1.807) is 0 Å². The van der Waals surface area contributed by atoms with Crippen molar-refractivity contribution in [3.05, 3.63) is 11.7 Å². The highest BCUT2D eigenvalue weighted by Crippen LogP contribution is 2.18. The van der Waals surface area contributed by atoms with Crippen LogP contribution in [0.4, 0.5) is 0 Å². The smallest absolute Gasteiger partial charge is 0.226 e. The second kappa shape index (κ2) is 9.73. The molecule has 1 aromatic rings. The highest BCUT2D eigenvalue weighted by atomic mass is 35.5. The summed E-state index contributed by atoms with van der Waals surface area (Å²) in [6.07, 6.45) is 2.81. The normalized spacial score (nSPS) is 11.0. The van der Waals surface area contributed by atoms with Crippen molar-refractivity contribution in [2.45, 2.75) is 51.9 Å². The standard InChI is InChI=1S/C14H26N4O2.ClH/c1-14(2,3)13-17-12(20-18-13)8-5-7-11(19)16-10-6-9-15-4;/h15H,5-10H2,1-4H3,(H,16,19);1H. The Bertz CT molecular complexity index is 415. The Morgan fingerprint density at radius 3 is 2.52 bits per heavy atom. The third-order valence-electron chi connectivity index (χ3n) is 2.86. The topological polar surface area (TPSA) is 80.0 Å². The number of aryl methyl sites for hydroxylation is 1. The molecule has 0 aliphatic rings. The molecule has 0 bridgehead atoms.